The summed E-state index contributed by atoms with van der Waals surface area (Å²) in [4.78, 5) is 16.7. The molecule has 0 spiro atoms. The van der Waals surface area contributed by atoms with E-state index in [1.54, 1.807) is 7.11 Å². The number of rotatable bonds is 6. The number of amides is 2. The van der Waals surface area contributed by atoms with Crippen molar-refractivity contribution in [3.8, 4) is 5.75 Å². The van der Waals surface area contributed by atoms with E-state index in [1.807, 2.05) is 37.3 Å². The van der Waals surface area contributed by atoms with Gasteiger partial charge in [-0.25, -0.2) is 4.79 Å². The molecule has 27 heavy (non-hydrogen) atoms. The Hall–Kier alpha value is -2.60. The van der Waals surface area contributed by atoms with Crippen molar-refractivity contribution in [1.29, 1.82) is 0 Å². The molecule has 0 bridgehead atoms. The van der Waals surface area contributed by atoms with E-state index >= 15 is 0 Å². The van der Waals surface area contributed by atoms with E-state index < -0.39 is 0 Å². The predicted molar refractivity (Wildman–Crippen MR) is 104 cm³/mol. The van der Waals surface area contributed by atoms with Crippen LogP contribution in [-0.4, -0.2) is 37.9 Å². The second kappa shape index (κ2) is 8.86. The van der Waals surface area contributed by atoms with Crippen molar-refractivity contribution >= 4 is 6.03 Å². The molecule has 0 saturated carbocycles. The first-order chi connectivity index (χ1) is 13.1. The lowest BCUT2D eigenvalue weighted by atomic mass is 9.74. The Morgan fingerprint density at radius 3 is 2.56 bits per heavy atom. The van der Waals surface area contributed by atoms with E-state index in [-0.39, 0.29) is 11.4 Å². The van der Waals surface area contributed by atoms with E-state index in [0.29, 0.717) is 26.3 Å². The first kappa shape index (κ1) is 19.2. The molecule has 2 N–H and O–H groups in total. The number of pyridine rings is 1. The van der Waals surface area contributed by atoms with Gasteiger partial charge in [0.05, 0.1) is 19.3 Å². The highest BCUT2D eigenvalue weighted by Crippen LogP contribution is 2.35. The molecule has 3 rings (SSSR count). The minimum atomic E-state index is -0.183. The van der Waals surface area contributed by atoms with E-state index in [1.165, 1.54) is 5.56 Å². The van der Waals surface area contributed by atoms with Crippen molar-refractivity contribution in [1.82, 2.24) is 15.6 Å². The van der Waals surface area contributed by atoms with Gasteiger partial charge in [-0.05, 0) is 49.6 Å². The Morgan fingerprint density at radius 2 is 1.89 bits per heavy atom. The SMILES string of the molecule is COc1ccc(C2(CNC(=O)NCc3cccc(C)n3)CCOCC2)cc1. The van der Waals surface area contributed by atoms with Gasteiger partial charge in [-0.2, -0.15) is 0 Å². The van der Waals surface area contributed by atoms with Crippen LogP contribution in [0.15, 0.2) is 42.5 Å². The molecule has 144 valence electrons. The average molecular weight is 369 g/mol. The second-order valence-electron chi connectivity index (χ2n) is 6.93. The van der Waals surface area contributed by atoms with Crippen molar-refractivity contribution in [2.75, 3.05) is 26.9 Å². The molecule has 6 nitrogen and oxygen atoms in total. The molecule has 6 heteroatoms. The summed E-state index contributed by atoms with van der Waals surface area (Å²) in [5.74, 6) is 0.831. The molecule has 0 aliphatic carbocycles. The molecule has 0 atom stereocenters. The molecule has 1 aromatic heterocycles. The molecule has 1 aliphatic rings. The fourth-order valence-electron chi connectivity index (χ4n) is 3.45. The van der Waals surface area contributed by atoms with Gasteiger partial charge >= 0.3 is 6.03 Å². The highest BCUT2D eigenvalue weighted by Gasteiger charge is 2.34. The normalized spacial score (nSPS) is 15.8. The van der Waals surface area contributed by atoms with Crippen LogP contribution in [0.5, 0.6) is 5.75 Å². The van der Waals surface area contributed by atoms with Crippen molar-refractivity contribution in [3.05, 3.63) is 59.4 Å². The van der Waals surface area contributed by atoms with Gasteiger partial charge in [0.2, 0.25) is 0 Å². The summed E-state index contributed by atoms with van der Waals surface area (Å²) in [6.45, 7) is 4.31. The minimum Gasteiger partial charge on any atom is -0.497 e. The van der Waals surface area contributed by atoms with Gasteiger partial charge in [0.15, 0.2) is 0 Å². The van der Waals surface area contributed by atoms with E-state index in [2.05, 4.69) is 27.8 Å². The highest BCUT2D eigenvalue weighted by atomic mass is 16.5. The third-order valence-corrected chi connectivity index (χ3v) is 5.12. The van der Waals surface area contributed by atoms with E-state index in [9.17, 15) is 4.79 Å². The summed E-state index contributed by atoms with van der Waals surface area (Å²) < 4.78 is 10.8. The number of benzene rings is 1. The van der Waals surface area contributed by atoms with E-state index in [4.69, 9.17) is 9.47 Å². The highest BCUT2D eigenvalue weighted by molar-refractivity contribution is 5.74. The number of methoxy groups -OCH3 is 1. The van der Waals surface area contributed by atoms with Gasteiger partial charge in [-0.3, -0.25) is 4.98 Å². The zero-order valence-corrected chi connectivity index (χ0v) is 16.0. The fourth-order valence-corrected chi connectivity index (χ4v) is 3.45. The lowest BCUT2D eigenvalue weighted by Gasteiger charge is -2.38. The number of nitrogens with one attached hydrogen (secondary N) is 2. The van der Waals surface area contributed by atoms with Gasteiger partial charge in [-0.15, -0.1) is 0 Å². The molecular weight excluding hydrogens is 342 g/mol. The second-order valence-corrected chi connectivity index (χ2v) is 6.93. The lowest BCUT2D eigenvalue weighted by molar-refractivity contribution is 0.0506. The van der Waals surface area contributed by atoms with Gasteiger partial charge in [0, 0.05) is 30.9 Å². The fraction of sp³-hybridized carbons (Fsp3) is 0.429. The summed E-state index contributed by atoms with van der Waals surface area (Å²) in [5.41, 5.74) is 2.87. The number of ether oxygens (including phenoxy) is 2. The zero-order valence-electron chi connectivity index (χ0n) is 16.0. The van der Waals surface area contributed by atoms with Crippen LogP contribution >= 0.6 is 0 Å². The molecule has 2 aromatic rings. The maximum atomic E-state index is 12.3. The summed E-state index contributed by atoms with van der Waals surface area (Å²) in [5, 5.41) is 5.93. The predicted octanol–water partition coefficient (Wildman–Crippen LogP) is 2.95. The first-order valence-corrected chi connectivity index (χ1v) is 9.28. The Balaban J connectivity index is 1.61. The van der Waals surface area contributed by atoms with Crippen LogP contribution in [0.3, 0.4) is 0 Å². The van der Waals surface area contributed by atoms with Crippen LogP contribution in [0.2, 0.25) is 0 Å². The van der Waals surface area contributed by atoms with Gasteiger partial charge < -0.3 is 20.1 Å². The monoisotopic (exact) mass is 369 g/mol. The summed E-state index contributed by atoms with van der Waals surface area (Å²) in [6.07, 6.45) is 1.75. The van der Waals surface area contributed by atoms with Gasteiger partial charge in [0.1, 0.15) is 5.75 Å². The topological polar surface area (TPSA) is 72.5 Å². The van der Waals surface area contributed by atoms with E-state index in [0.717, 1.165) is 30.0 Å². The van der Waals surface area contributed by atoms with Crippen LogP contribution in [0.25, 0.3) is 0 Å². The molecule has 0 unspecified atom stereocenters. The molecule has 1 aliphatic heterocycles. The van der Waals surface area contributed by atoms with Gasteiger partial charge in [0.25, 0.3) is 0 Å². The van der Waals surface area contributed by atoms with Crippen molar-refractivity contribution in [3.63, 3.8) is 0 Å². The molecule has 1 fully saturated rings. The van der Waals surface area contributed by atoms with Crippen LogP contribution < -0.4 is 15.4 Å². The van der Waals surface area contributed by atoms with Crippen LogP contribution in [0.4, 0.5) is 4.79 Å². The standard InChI is InChI=1S/C21H27N3O3/c1-16-4-3-5-18(24-16)14-22-20(25)23-15-21(10-12-27-13-11-21)17-6-8-19(26-2)9-7-17/h3-9H,10-15H2,1-2H3,(H2,22,23,25). The van der Waals surface area contributed by atoms with Crippen molar-refractivity contribution in [2.24, 2.45) is 0 Å². The van der Waals surface area contributed by atoms with Gasteiger partial charge in [-0.1, -0.05) is 18.2 Å². The molecule has 2 amide bonds. The molecule has 0 radical (unpaired) electrons. The number of carbonyl (C=O) groups is 1. The summed E-state index contributed by atoms with van der Waals surface area (Å²) >= 11 is 0. The third kappa shape index (κ3) is 4.98. The Bertz CT molecular complexity index is 756. The molecule has 2 heterocycles. The number of urea groups is 1. The number of nitrogens with zero attached hydrogens (tertiary/aromatic N) is 1. The number of aryl methyl sites for hydroxylation is 1. The van der Waals surface area contributed by atoms with Crippen molar-refractivity contribution in [2.45, 2.75) is 31.7 Å². The number of hydrogen-bond donors (Lipinski definition) is 2. The summed E-state index contributed by atoms with van der Waals surface area (Å²) in [6, 6.07) is 13.7. The largest absolute Gasteiger partial charge is 0.497 e. The maximum Gasteiger partial charge on any atom is 0.315 e. The first-order valence-electron chi connectivity index (χ1n) is 9.28. The number of hydrogen-bond acceptors (Lipinski definition) is 4. The minimum absolute atomic E-state index is 0.122. The molecule has 1 saturated heterocycles. The third-order valence-electron chi connectivity index (χ3n) is 5.12. The van der Waals surface area contributed by atoms with Crippen molar-refractivity contribution < 1.29 is 14.3 Å². The van der Waals surface area contributed by atoms with Crippen LogP contribution in [0, 0.1) is 6.92 Å². The average Bonchev–Trinajstić information content (AvgIpc) is 2.71. The Morgan fingerprint density at radius 1 is 1.15 bits per heavy atom. The van der Waals surface area contributed by atoms with Crippen LogP contribution in [-0.2, 0) is 16.7 Å². The lowest BCUT2D eigenvalue weighted by Crippen LogP contribution is -2.47. The molecule has 1 aromatic carbocycles. The quantitative estimate of drug-likeness (QED) is 0.821. The molecular formula is C21H27N3O3. The smallest absolute Gasteiger partial charge is 0.315 e. The number of aromatic nitrogens is 1. The maximum absolute atomic E-state index is 12.3. The Kier molecular flexibility index (Phi) is 6.29. The number of carbonyl (C=O) groups excluding carboxylic acids is 1. The van der Waals surface area contributed by atoms with Crippen LogP contribution in [0.1, 0.15) is 29.8 Å². The summed E-state index contributed by atoms with van der Waals surface area (Å²) in [7, 11) is 1.66. The zero-order chi connectivity index (χ0) is 19.1. The Labute approximate surface area is 160 Å².